The number of benzene rings is 1. The number of nitrogens with two attached hydrogens (primary N) is 1. The lowest BCUT2D eigenvalue weighted by Crippen LogP contribution is -1.95. The molecule has 2 N–H and O–H groups in total. The van der Waals surface area contributed by atoms with Crippen LogP contribution in [0.2, 0.25) is 0 Å². The van der Waals surface area contributed by atoms with Gasteiger partial charge in [0.15, 0.2) is 0 Å². The Bertz CT molecular complexity index is 306. The average molecular weight is 284 g/mol. The highest BCUT2D eigenvalue weighted by atomic mass is 127. The smallest absolute Gasteiger partial charge is 0.293 e. The van der Waals surface area contributed by atoms with E-state index in [0.717, 1.165) is 3.57 Å². The van der Waals surface area contributed by atoms with E-state index < -0.39 is 4.92 Å². The molecule has 0 aliphatic heterocycles. The van der Waals surface area contributed by atoms with Crippen LogP contribution in [0.1, 0.15) is 0 Å². The molecule has 4 nitrogen and oxygen atoms in total. The molecule has 1 aromatic rings. The number of hydrogen-bond acceptors (Lipinski definition) is 3. The summed E-state index contributed by atoms with van der Waals surface area (Å²) in [6.07, 6.45) is 0. The minimum absolute atomic E-state index is 0. The Morgan fingerprint density at radius 2 is 2.08 bits per heavy atom. The van der Waals surface area contributed by atoms with Crippen LogP contribution in [0.25, 0.3) is 0 Å². The third kappa shape index (κ3) is 2.29. The standard InChI is InChI=1S/C6H5IN2O2.FH/c7-4-1-2-5(8)6(3-4)9(10)11;/h1-3H,8H2;1H. The number of halogens is 2. The molecule has 0 radical (unpaired) electrons. The van der Waals surface area contributed by atoms with Crippen LogP contribution in [-0.2, 0) is 0 Å². The predicted octanol–water partition coefficient (Wildman–Crippen LogP) is 1.93. The maximum absolute atomic E-state index is 10.3. The van der Waals surface area contributed by atoms with Crippen molar-refractivity contribution in [3.05, 3.63) is 31.9 Å². The first kappa shape index (κ1) is 11.1. The summed E-state index contributed by atoms with van der Waals surface area (Å²) in [7, 11) is 0. The first-order chi connectivity index (χ1) is 5.11. The van der Waals surface area contributed by atoms with Crippen molar-refractivity contribution in [1.82, 2.24) is 0 Å². The second kappa shape index (κ2) is 4.19. The fourth-order valence-electron chi connectivity index (χ4n) is 0.675. The summed E-state index contributed by atoms with van der Waals surface area (Å²) in [5.74, 6) is 0. The summed E-state index contributed by atoms with van der Waals surface area (Å²) in [4.78, 5) is 9.81. The minimum Gasteiger partial charge on any atom is -0.393 e. The SMILES string of the molecule is F.Nc1ccc(I)cc1[N+](=O)[O-]. The summed E-state index contributed by atoms with van der Waals surface area (Å²) >= 11 is 2.00. The van der Waals surface area contributed by atoms with Gasteiger partial charge in [-0.05, 0) is 34.7 Å². The molecule has 0 amide bonds. The van der Waals surface area contributed by atoms with E-state index in [0.29, 0.717) is 0 Å². The van der Waals surface area contributed by atoms with Gasteiger partial charge in [-0.25, -0.2) is 0 Å². The van der Waals surface area contributed by atoms with Crippen molar-refractivity contribution < 1.29 is 9.63 Å². The number of nitrogens with zero attached hydrogens (tertiary/aromatic N) is 1. The molecule has 0 saturated heterocycles. The molecule has 0 aliphatic rings. The van der Waals surface area contributed by atoms with Gasteiger partial charge in [-0.3, -0.25) is 14.8 Å². The summed E-state index contributed by atoms with van der Waals surface area (Å²) in [5.41, 5.74) is 5.52. The molecule has 0 saturated carbocycles. The van der Waals surface area contributed by atoms with Crippen LogP contribution in [0.3, 0.4) is 0 Å². The normalized spacial score (nSPS) is 8.75. The van der Waals surface area contributed by atoms with E-state index in [9.17, 15) is 10.1 Å². The molecular formula is C6H6FIN2O2. The number of hydrogen-bond donors (Lipinski definition) is 1. The number of nitro groups is 1. The van der Waals surface area contributed by atoms with Gasteiger partial charge in [0, 0.05) is 9.64 Å². The Kier molecular flexibility index (Phi) is 3.87. The van der Waals surface area contributed by atoms with Crippen LogP contribution in [0, 0.1) is 13.7 Å². The Labute approximate surface area is 81.4 Å². The molecule has 66 valence electrons. The van der Waals surface area contributed by atoms with Gasteiger partial charge in [0.1, 0.15) is 5.69 Å². The first-order valence-corrected chi connectivity index (χ1v) is 3.88. The van der Waals surface area contributed by atoms with Crippen molar-refractivity contribution in [2.24, 2.45) is 0 Å². The third-order valence-corrected chi connectivity index (χ3v) is 1.86. The van der Waals surface area contributed by atoms with Crippen molar-refractivity contribution in [2.75, 3.05) is 5.73 Å². The van der Waals surface area contributed by atoms with Gasteiger partial charge in [0.25, 0.3) is 5.69 Å². The van der Waals surface area contributed by atoms with E-state index in [-0.39, 0.29) is 16.1 Å². The lowest BCUT2D eigenvalue weighted by Gasteiger charge is -1.95. The number of nitro benzene ring substituents is 1. The maximum atomic E-state index is 10.3. The molecule has 0 atom stereocenters. The molecule has 1 rings (SSSR count). The Morgan fingerprint density at radius 1 is 1.50 bits per heavy atom. The highest BCUT2D eigenvalue weighted by molar-refractivity contribution is 14.1. The topological polar surface area (TPSA) is 69.2 Å². The third-order valence-electron chi connectivity index (χ3n) is 1.19. The minimum atomic E-state index is -0.489. The zero-order valence-electron chi connectivity index (χ0n) is 5.86. The summed E-state index contributed by atoms with van der Waals surface area (Å²) in [6.45, 7) is 0. The predicted molar refractivity (Wildman–Crippen MR) is 52.7 cm³/mol. The molecule has 12 heavy (non-hydrogen) atoms. The molecule has 0 spiro atoms. The van der Waals surface area contributed by atoms with Gasteiger partial charge in [0.2, 0.25) is 0 Å². The van der Waals surface area contributed by atoms with Gasteiger partial charge in [-0.1, -0.05) is 0 Å². The fraction of sp³-hybridized carbons (Fsp3) is 0. The summed E-state index contributed by atoms with van der Waals surface area (Å²) < 4.78 is 0.809. The van der Waals surface area contributed by atoms with Crippen LogP contribution in [0.5, 0.6) is 0 Å². The number of rotatable bonds is 1. The van der Waals surface area contributed by atoms with Gasteiger partial charge in [-0.2, -0.15) is 0 Å². The highest BCUT2D eigenvalue weighted by Crippen LogP contribution is 2.22. The molecular weight excluding hydrogens is 278 g/mol. The molecule has 0 unspecified atom stereocenters. The van der Waals surface area contributed by atoms with Crippen molar-refractivity contribution in [3.8, 4) is 0 Å². The second-order valence-corrected chi connectivity index (χ2v) is 3.21. The largest absolute Gasteiger partial charge is 0.393 e. The molecule has 6 heteroatoms. The Hall–Kier alpha value is -0.920. The number of anilines is 1. The van der Waals surface area contributed by atoms with Crippen LogP contribution in [0.15, 0.2) is 18.2 Å². The molecule has 0 aromatic heterocycles. The monoisotopic (exact) mass is 284 g/mol. The van der Waals surface area contributed by atoms with E-state index >= 15 is 0 Å². The van der Waals surface area contributed by atoms with Crippen molar-refractivity contribution in [3.63, 3.8) is 0 Å². The maximum Gasteiger partial charge on any atom is 0.293 e. The lowest BCUT2D eigenvalue weighted by molar-refractivity contribution is -0.384. The van der Waals surface area contributed by atoms with Crippen LogP contribution < -0.4 is 5.73 Å². The molecule has 1 aromatic carbocycles. The van der Waals surface area contributed by atoms with E-state index in [1.54, 1.807) is 6.07 Å². The van der Waals surface area contributed by atoms with Crippen LogP contribution in [0.4, 0.5) is 16.1 Å². The molecule has 0 fully saturated rings. The zero-order valence-corrected chi connectivity index (χ0v) is 8.02. The van der Waals surface area contributed by atoms with Crippen LogP contribution >= 0.6 is 22.6 Å². The van der Waals surface area contributed by atoms with Gasteiger partial charge in [0.05, 0.1) is 4.92 Å². The van der Waals surface area contributed by atoms with E-state index in [1.807, 2.05) is 22.6 Å². The van der Waals surface area contributed by atoms with Crippen molar-refractivity contribution in [2.45, 2.75) is 0 Å². The van der Waals surface area contributed by atoms with Crippen LogP contribution in [-0.4, -0.2) is 4.92 Å². The van der Waals surface area contributed by atoms with Crippen molar-refractivity contribution >= 4 is 34.0 Å². The van der Waals surface area contributed by atoms with E-state index in [4.69, 9.17) is 5.73 Å². The average Bonchev–Trinajstić information content (AvgIpc) is 1.94. The highest BCUT2D eigenvalue weighted by Gasteiger charge is 2.09. The van der Waals surface area contributed by atoms with Gasteiger partial charge in [-0.15, -0.1) is 0 Å². The first-order valence-electron chi connectivity index (χ1n) is 2.80. The lowest BCUT2D eigenvalue weighted by atomic mass is 10.3. The second-order valence-electron chi connectivity index (χ2n) is 1.96. The van der Waals surface area contributed by atoms with E-state index in [2.05, 4.69) is 0 Å². The summed E-state index contributed by atoms with van der Waals surface area (Å²) in [5, 5.41) is 10.3. The Morgan fingerprint density at radius 3 is 2.50 bits per heavy atom. The van der Waals surface area contributed by atoms with E-state index in [1.165, 1.54) is 12.1 Å². The number of nitrogen functional groups attached to an aromatic ring is 1. The van der Waals surface area contributed by atoms with Gasteiger partial charge >= 0.3 is 0 Å². The quantitative estimate of drug-likeness (QED) is 0.371. The van der Waals surface area contributed by atoms with Crippen molar-refractivity contribution in [1.29, 1.82) is 0 Å². The fourth-order valence-corrected chi connectivity index (χ4v) is 1.15. The molecule has 0 heterocycles. The van der Waals surface area contributed by atoms with Gasteiger partial charge < -0.3 is 5.73 Å². The summed E-state index contributed by atoms with van der Waals surface area (Å²) in [6, 6.07) is 4.69. The Balaban J connectivity index is 0.00000121. The molecule has 0 bridgehead atoms. The molecule has 0 aliphatic carbocycles. The zero-order chi connectivity index (χ0) is 8.43.